The standard InChI is InChI=1S/C21H22N2O3S2/c1-14-12-19(24)22-17-4-2-3-5-18(17)23(14)20(25)13-26-16-8-6-15(7-9-16)21-27-10-11-28-21/h2-9,14,21H,10-13H2,1H3,(H,22,24)/t14-/m1/s1. The van der Waals surface area contributed by atoms with Crippen molar-refractivity contribution < 1.29 is 14.3 Å². The number of benzene rings is 2. The summed E-state index contributed by atoms with van der Waals surface area (Å²) in [6.45, 7) is 1.81. The SMILES string of the molecule is C[C@@H]1CC(=O)Nc2ccccc2N1C(=O)COc1ccc(C2SCCS2)cc1. The molecule has 2 aliphatic rings. The lowest BCUT2D eigenvalue weighted by molar-refractivity contribution is -0.121. The molecule has 2 heterocycles. The summed E-state index contributed by atoms with van der Waals surface area (Å²) in [5, 5.41) is 2.87. The Labute approximate surface area is 173 Å². The molecule has 2 aliphatic heterocycles. The highest BCUT2D eigenvalue weighted by Gasteiger charge is 2.29. The zero-order valence-electron chi connectivity index (χ0n) is 15.6. The average Bonchev–Trinajstić information content (AvgIpc) is 3.19. The Hall–Kier alpha value is -2.12. The van der Waals surface area contributed by atoms with Crippen molar-refractivity contribution in [2.75, 3.05) is 28.3 Å². The first-order valence-corrected chi connectivity index (χ1v) is 11.4. The molecule has 0 unspecified atom stereocenters. The fourth-order valence-electron chi connectivity index (χ4n) is 3.45. The Morgan fingerprint density at radius 3 is 2.61 bits per heavy atom. The van der Waals surface area contributed by atoms with E-state index >= 15 is 0 Å². The van der Waals surface area contributed by atoms with Crippen molar-refractivity contribution in [2.45, 2.75) is 24.0 Å². The molecular weight excluding hydrogens is 392 g/mol. The Bertz CT molecular complexity index is 866. The smallest absolute Gasteiger partial charge is 0.265 e. The number of para-hydroxylation sites is 2. The molecule has 2 amide bonds. The Morgan fingerprint density at radius 2 is 1.86 bits per heavy atom. The quantitative estimate of drug-likeness (QED) is 0.808. The van der Waals surface area contributed by atoms with E-state index < -0.39 is 0 Å². The van der Waals surface area contributed by atoms with Crippen LogP contribution in [-0.4, -0.2) is 36.0 Å². The highest BCUT2D eigenvalue weighted by molar-refractivity contribution is 8.19. The minimum Gasteiger partial charge on any atom is -0.484 e. The van der Waals surface area contributed by atoms with Crippen LogP contribution in [-0.2, 0) is 9.59 Å². The first-order valence-electron chi connectivity index (χ1n) is 9.29. The van der Waals surface area contributed by atoms with Gasteiger partial charge in [0.2, 0.25) is 5.91 Å². The molecule has 1 saturated heterocycles. The molecule has 7 heteroatoms. The van der Waals surface area contributed by atoms with Crippen LogP contribution in [0.15, 0.2) is 48.5 Å². The number of hydrogen-bond acceptors (Lipinski definition) is 5. The highest BCUT2D eigenvalue weighted by Crippen LogP contribution is 2.45. The van der Waals surface area contributed by atoms with Gasteiger partial charge in [-0.2, -0.15) is 0 Å². The minimum atomic E-state index is -0.237. The van der Waals surface area contributed by atoms with Crippen molar-refractivity contribution >= 4 is 46.7 Å². The highest BCUT2D eigenvalue weighted by atomic mass is 32.2. The second kappa shape index (κ2) is 8.49. The first kappa shape index (κ1) is 19.2. The number of anilines is 2. The number of carbonyl (C=O) groups is 2. The average molecular weight is 415 g/mol. The van der Waals surface area contributed by atoms with Gasteiger partial charge in [-0.1, -0.05) is 24.3 Å². The second-order valence-corrected chi connectivity index (χ2v) is 9.54. The van der Waals surface area contributed by atoms with E-state index in [0.29, 0.717) is 21.7 Å². The van der Waals surface area contributed by atoms with Crippen LogP contribution >= 0.6 is 23.5 Å². The molecule has 1 fully saturated rings. The number of amides is 2. The van der Waals surface area contributed by atoms with Gasteiger partial charge in [-0.05, 0) is 36.8 Å². The predicted molar refractivity (Wildman–Crippen MR) is 116 cm³/mol. The van der Waals surface area contributed by atoms with Gasteiger partial charge in [0.05, 0.1) is 16.0 Å². The summed E-state index contributed by atoms with van der Waals surface area (Å²) in [5.74, 6) is 2.80. The van der Waals surface area contributed by atoms with Gasteiger partial charge in [-0.25, -0.2) is 0 Å². The van der Waals surface area contributed by atoms with Gasteiger partial charge in [-0.15, -0.1) is 23.5 Å². The monoisotopic (exact) mass is 414 g/mol. The Morgan fingerprint density at radius 1 is 1.14 bits per heavy atom. The molecule has 0 saturated carbocycles. The number of hydrogen-bond donors (Lipinski definition) is 1. The molecule has 2 aromatic rings. The molecule has 28 heavy (non-hydrogen) atoms. The van der Waals surface area contributed by atoms with Gasteiger partial charge in [0.25, 0.3) is 5.91 Å². The molecule has 0 radical (unpaired) electrons. The van der Waals surface area contributed by atoms with E-state index in [4.69, 9.17) is 4.74 Å². The van der Waals surface area contributed by atoms with Crippen molar-refractivity contribution in [3.05, 3.63) is 54.1 Å². The number of nitrogens with one attached hydrogen (secondary N) is 1. The van der Waals surface area contributed by atoms with E-state index in [0.717, 1.165) is 0 Å². The molecule has 0 bridgehead atoms. The lowest BCUT2D eigenvalue weighted by Gasteiger charge is -2.27. The lowest BCUT2D eigenvalue weighted by atomic mass is 10.1. The van der Waals surface area contributed by atoms with Crippen LogP contribution in [0.3, 0.4) is 0 Å². The number of fused-ring (bicyclic) bond motifs is 1. The maximum absolute atomic E-state index is 12.9. The largest absolute Gasteiger partial charge is 0.484 e. The van der Waals surface area contributed by atoms with Gasteiger partial charge in [0, 0.05) is 24.0 Å². The summed E-state index contributed by atoms with van der Waals surface area (Å²) >= 11 is 3.92. The van der Waals surface area contributed by atoms with Crippen LogP contribution in [0.2, 0.25) is 0 Å². The van der Waals surface area contributed by atoms with Gasteiger partial charge in [-0.3, -0.25) is 9.59 Å². The summed E-state index contributed by atoms with van der Waals surface area (Å²) in [6.07, 6.45) is 0.256. The summed E-state index contributed by atoms with van der Waals surface area (Å²) in [4.78, 5) is 26.7. The maximum atomic E-state index is 12.9. The summed E-state index contributed by atoms with van der Waals surface area (Å²) in [7, 11) is 0. The van der Waals surface area contributed by atoms with Crippen molar-refractivity contribution in [1.82, 2.24) is 0 Å². The molecule has 0 spiro atoms. The van der Waals surface area contributed by atoms with Gasteiger partial charge >= 0.3 is 0 Å². The Balaban J connectivity index is 1.45. The molecular formula is C21H22N2O3S2. The van der Waals surface area contributed by atoms with Gasteiger partial charge in [0.15, 0.2) is 6.61 Å². The zero-order valence-corrected chi connectivity index (χ0v) is 17.2. The third-order valence-electron chi connectivity index (χ3n) is 4.76. The normalized spacial score (nSPS) is 19.7. The van der Waals surface area contributed by atoms with E-state index in [2.05, 4.69) is 17.4 Å². The van der Waals surface area contributed by atoms with Gasteiger partial charge in [0.1, 0.15) is 5.75 Å². The molecule has 146 valence electrons. The number of rotatable bonds is 4. The minimum absolute atomic E-state index is 0.0703. The van der Waals surface area contributed by atoms with Gasteiger partial charge < -0.3 is 15.0 Å². The van der Waals surface area contributed by atoms with E-state index in [1.807, 2.05) is 66.8 Å². The summed E-state index contributed by atoms with van der Waals surface area (Å²) in [6, 6.07) is 15.1. The summed E-state index contributed by atoms with van der Waals surface area (Å²) in [5.41, 5.74) is 2.65. The van der Waals surface area contributed by atoms with E-state index in [-0.39, 0.29) is 30.9 Å². The van der Waals surface area contributed by atoms with E-state index in [9.17, 15) is 9.59 Å². The lowest BCUT2D eigenvalue weighted by Crippen LogP contribution is -2.41. The number of nitrogens with zero attached hydrogens (tertiary/aromatic N) is 1. The zero-order chi connectivity index (χ0) is 19.5. The second-order valence-electron chi connectivity index (χ2n) is 6.81. The van der Waals surface area contributed by atoms with Crippen molar-refractivity contribution in [2.24, 2.45) is 0 Å². The van der Waals surface area contributed by atoms with Crippen LogP contribution in [0.4, 0.5) is 11.4 Å². The molecule has 0 aliphatic carbocycles. The van der Waals surface area contributed by atoms with Crippen LogP contribution < -0.4 is 15.0 Å². The van der Waals surface area contributed by atoms with Crippen LogP contribution in [0.25, 0.3) is 0 Å². The van der Waals surface area contributed by atoms with Crippen molar-refractivity contribution in [3.63, 3.8) is 0 Å². The van der Waals surface area contributed by atoms with Crippen molar-refractivity contribution in [1.29, 1.82) is 0 Å². The van der Waals surface area contributed by atoms with Crippen LogP contribution in [0.1, 0.15) is 23.5 Å². The van der Waals surface area contributed by atoms with Crippen LogP contribution in [0, 0.1) is 0 Å². The van der Waals surface area contributed by atoms with Crippen molar-refractivity contribution in [3.8, 4) is 5.75 Å². The fraction of sp³-hybridized carbons (Fsp3) is 0.333. The molecule has 4 rings (SSSR count). The fourth-order valence-corrected chi connectivity index (χ4v) is 6.31. The number of ether oxygens (including phenoxy) is 1. The molecule has 5 nitrogen and oxygen atoms in total. The summed E-state index contributed by atoms with van der Waals surface area (Å²) < 4.78 is 6.26. The van der Waals surface area contributed by atoms with Crippen LogP contribution in [0.5, 0.6) is 5.75 Å². The third kappa shape index (κ3) is 4.15. The molecule has 2 aromatic carbocycles. The molecule has 1 atom stereocenters. The molecule has 1 N–H and O–H groups in total. The number of thioether (sulfide) groups is 2. The first-order chi connectivity index (χ1) is 13.6. The Kier molecular flexibility index (Phi) is 5.82. The number of carbonyl (C=O) groups excluding carboxylic acids is 2. The third-order valence-corrected chi connectivity index (χ3v) is 7.87. The topological polar surface area (TPSA) is 58.6 Å². The van der Waals surface area contributed by atoms with E-state index in [1.54, 1.807) is 4.90 Å². The maximum Gasteiger partial charge on any atom is 0.265 e. The van der Waals surface area contributed by atoms with E-state index in [1.165, 1.54) is 17.1 Å². The predicted octanol–water partition coefficient (Wildman–Crippen LogP) is 4.31. The molecule has 0 aromatic heterocycles.